The van der Waals surface area contributed by atoms with Crippen molar-refractivity contribution in [3.63, 3.8) is 0 Å². The minimum atomic E-state index is -1.12. The van der Waals surface area contributed by atoms with Gasteiger partial charge in [0, 0.05) is 11.8 Å². The average molecular weight is 512 g/mol. The zero-order chi connectivity index (χ0) is 26.6. The number of hydrogen-bond acceptors (Lipinski definition) is 7. The number of amides is 1. The standard InChI is InChI=1S/C29H37NO7/c1-5-35-27(32)24-21(17-34-16-19-12-8-6-9-13-19)23(24)25(31)26-30(28(33)37-29(2,3)4)22(18-36-26)20-14-10-7-11-15-20/h6-15,21-26,31H,5,16-18H2,1-4H3/t21-,22+,23+,24+,25-,26-/m1/s1. The Bertz CT molecular complexity index is 1040. The van der Waals surface area contributed by atoms with E-state index >= 15 is 0 Å². The fourth-order valence-corrected chi connectivity index (χ4v) is 5.00. The van der Waals surface area contributed by atoms with Gasteiger partial charge in [0.2, 0.25) is 0 Å². The van der Waals surface area contributed by atoms with E-state index in [-0.39, 0.29) is 31.7 Å². The molecule has 2 fully saturated rings. The van der Waals surface area contributed by atoms with E-state index in [1.54, 1.807) is 27.7 Å². The van der Waals surface area contributed by atoms with Gasteiger partial charge in [-0.05, 0) is 38.8 Å². The molecule has 4 rings (SSSR count). The van der Waals surface area contributed by atoms with Crippen molar-refractivity contribution in [3.05, 3.63) is 71.8 Å². The van der Waals surface area contributed by atoms with Gasteiger partial charge < -0.3 is 24.1 Å². The first-order valence-electron chi connectivity index (χ1n) is 12.9. The van der Waals surface area contributed by atoms with Crippen molar-refractivity contribution in [3.8, 4) is 0 Å². The molecule has 0 radical (unpaired) electrons. The van der Waals surface area contributed by atoms with Gasteiger partial charge in [0.25, 0.3) is 0 Å². The minimum absolute atomic E-state index is 0.205. The molecule has 1 amide bonds. The van der Waals surface area contributed by atoms with Crippen molar-refractivity contribution in [1.82, 2.24) is 4.90 Å². The van der Waals surface area contributed by atoms with Crippen LogP contribution in [0, 0.1) is 17.8 Å². The molecule has 1 aliphatic heterocycles. The Labute approximate surface area is 218 Å². The van der Waals surface area contributed by atoms with Crippen LogP contribution in [0.4, 0.5) is 4.79 Å². The van der Waals surface area contributed by atoms with Crippen LogP contribution in [0.15, 0.2) is 60.7 Å². The molecule has 1 aliphatic carbocycles. The lowest BCUT2D eigenvalue weighted by Crippen LogP contribution is -2.47. The first kappa shape index (κ1) is 27.1. The van der Waals surface area contributed by atoms with Gasteiger partial charge in [0.05, 0.1) is 38.4 Å². The molecule has 200 valence electrons. The topological polar surface area (TPSA) is 94.5 Å². The maximum atomic E-state index is 13.3. The van der Waals surface area contributed by atoms with Crippen molar-refractivity contribution in [1.29, 1.82) is 0 Å². The number of hydrogen-bond donors (Lipinski definition) is 1. The Morgan fingerprint density at radius 1 is 1.08 bits per heavy atom. The quantitative estimate of drug-likeness (QED) is 0.501. The average Bonchev–Trinajstić information content (AvgIpc) is 3.40. The van der Waals surface area contributed by atoms with Crippen LogP contribution in [0.1, 0.15) is 44.9 Å². The minimum Gasteiger partial charge on any atom is -0.466 e. The van der Waals surface area contributed by atoms with Gasteiger partial charge in [-0.2, -0.15) is 0 Å². The smallest absolute Gasteiger partial charge is 0.413 e. The summed E-state index contributed by atoms with van der Waals surface area (Å²) in [5, 5.41) is 11.5. The summed E-state index contributed by atoms with van der Waals surface area (Å²) in [7, 11) is 0. The second-order valence-corrected chi connectivity index (χ2v) is 10.5. The highest BCUT2D eigenvalue weighted by atomic mass is 16.6. The van der Waals surface area contributed by atoms with Crippen molar-refractivity contribution < 1.29 is 33.6 Å². The largest absolute Gasteiger partial charge is 0.466 e. The fraction of sp³-hybridized carbons (Fsp3) is 0.517. The lowest BCUT2D eigenvalue weighted by Gasteiger charge is -2.33. The molecule has 8 heteroatoms. The van der Waals surface area contributed by atoms with Gasteiger partial charge >= 0.3 is 12.1 Å². The van der Waals surface area contributed by atoms with Gasteiger partial charge in [0.15, 0.2) is 6.23 Å². The van der Waals surface area contributed by atoms with E-state index in [4.69, 9.17) is 18.9 Å². The van der Waals surface area contributed by atoms with Crippen LogP contribution in [0.25, 0.3) is 0 Å². The highest BCUT2D eigenvalue weighted by Gasteiger charge is 2.62. The predicted octanol–water partition coefficient (Wildman–Crippen LogP) is 4.32. The highest BCUT2D eigenvalue weighted by Crippen LogP contribution is 2.52. The molecule has 2 aliphatic rings. The maximum Gasteiger partial charge on any atom is 0.413 e. The van der Waals surface area contributed by atoms with Crippen LogP contribution >= 0.6 is 0 Å². The predicted molar refractivity (Wildman–Crippen MR) is 136 cm³/mol. The first-order valence-corrected chi connectivity index (χ1v) is 12.9. The Balaban J connectivity index is 1.52. The molecule has 2 aromatic carbocycles. The van der Waals surface area contributed by atoms with Crippen molar-refractivity contribution in [2.75, 3.05) is 19.8 Å². The van der Waals surface area contributed by atoms with Crippen LogP contribution in [-0.4, -0.2) is 59.8 Å². The van der Waals surface area contributed by atoms with Crippen LogP contribution in [0.2, 0.25) is 0 Å². The van der Waals surface area contributed by atoms with Crippen molar-refractivity contribution in [2.45, 2.75) is 58.3 Å². The molecule has 0 spiro atoms. The Kier molecular flexibility index (Phi) is 8.52. The third-order valence-corrected chi connectivity index (χ3v) is 6.72. The van der Waals surface area contributed by atoms with E-state index in [1.807, 2.05) is 60.7 Å². The molecule has 0 bridgehead atoms. The van der Waals surface area contributed by atoms with E-state index in [2.05, 4.69) is 0 Å². The molecule has 6 atom stereocenters. The number of nitrogens with zero attached hydrogens (tertiary/aromatic N) is 1. The molecule has 0 unspecified atom stereocenters. The van der Waals surface area contributed by atoms with Crippen LogP contribution in [-0.2, 0) is 30.3 Å². The number of carbonyl (C=O) groups is 2. The number of carbonyl (C=O) groups excluding carboxylic acids is 2. The molecule has 1 saturated carbocycles. The van der Waals surface area contributed by atoms with Gasteiger partial charge in [-0.25, -0.2) is 4.79 Å². The second-order valence-electron chi connectivity index (χ2n) is 10.5. The number of esters is 1. The van der Waals surface area contributed by atoms with E-state index in [0.29, 0.717) is 6.61 Å². The van der Waals surface area contributed by atoms with E-state index in [9.17, 15) is 14.7 Å². The summed E-state index contributed by atoms with van der Waals surface area (Å²) >= 11 is 0. The van der Waals surface area contributed by atoms with Gasteiger partial charge in [0.1, 0.15) is 11.7 Å². The Morgan fingerprint density at radius 2 is 1.73 bits per heavy atom. The fourth-order valence-electron chi connectivity index (χ4n) is 5.00. The molecule has 1 heterocycles. The zero-order valence-electron chi connectivity index (χ0n) is 21.9. The van der Waals surface area contributed by atoms with Crippen molar-refractivity contribution >= 4 is 12.1 Å². The Hall–Kier alpha value is -2.94. The first-order chi connectivity index (χ1) is 17.7. The normalized spacial score (nSPS) is 26.0. The zero-order valence-corrected chi connectivity index (χ0v) is 21.9. The molecule has 37 heavy (non-hydrogen) atoms. The lowest BCUT2D eigenvalue weighted by atomic mass is 10.1. The van der Waals surface area contributed by atoms with E-state index in [1.165, 1.54) is 4.90 Å². The number of ether oxygens (including phenoxy) is 4. The van der Waals surface area contributed by atoms with Crippen LogP contribution < -0.4 is 0 Å². The number of benzene rings is 2. The number of aliphatic hydroxyl groups is 1. The summed E-state index contributed by atoms with van der Waals surface area (Å²) in [6, 6.07) is 18.8. The summed E-state index contributed by atoms with van der Waals surface area (Å²) in [4.78, 5) is 27.5. The van der Waals surface area contributed by atoms with Crippen molar-refractivity contribution in [2.24, 2.45) is 17.8 Å². The summed E-state index contributed by atoms with van der Waals surface area (Å²) < 4.78 is 22.9. The van der Waals surface area contributed by atoms with Crippen LogP contribution in [0.5, 0.6) is 0 Å². The lowest BCUT2D eigenvalue weighted by molar-refractivity contribution is -0.146. The summed E-state index contributed by atoms with van der Waals surface area (Å²) in [6.45, 7) is 8.26. The third-order valence-electron chi connectivity index (χ3n) is 6.72. The third kappa shape index (κ3) is 6.50. The molecule has 0 aromatic heterocycles. The maximum absolute atomic E-state index is 13.3. The summed E-state index contributed by atoms with van der Waals surface area (Å²) in [5.41, 5.74) is 1.18. The molecule has 1 saturated heterocycles. The number of aliphatic hydroxyl groups excluding tert-OH is 1. The van der Waals surface area contributed by atoms with Gasteiger partial charge in [-0.15, -0.1) is 0 Å². The summed E-state index contributed by atoms with van der Waals surface area (Å²) in [6.07, 6.45) is -2.67. The SMILES string of the molecule is CCOC(=O)[C@H]1[C@H](COCc2ccccc2)[C@@H]1[C@@H](O)[C@H]1OC[C@@H](c2ccccc2)N1C(=O)OC(C)(C)C. The van der Waals surface area contributed by atoms with Gasteiger partial charge in [-0.1, -0.05) is 60.7 Å². The highest BCUT2D eigenvalue weighted by molar-refractivity contribution is 5.77. The van der Waals surface area contributed by atoms with Crippen LogP contribution in [0.3, 0.4) is 0 Å². The second kappa shape index (κ2) is 11.6. The monoisotopic (exact) mass is 511 g/mol. The Morgan fingerprint density at radius 3 is 2.35 bits per heavy atom. The molecular weight excluding hydrogens is 474 g/mol. The molecule has 1 N–H and O–H groups in total. The summed E-state index contributed by atoms with van der Waals surface area (Å²) in [5.74, 6) is -1.64. The molecule has 8 nitrogen and oxygen atoms in total. The molecule has 2 aromatic rings. The molecular formula is C29H37NO7. The van der Waals surface area contributed by atoms with E-state index < -0.39 is 41.9 Å². The van der Waals surface area contributed by atoms with E-state index in [0.717, 1.165) is 11.1 Å². The van der Waals surface area contributed by atoms with Gasteiger partial charge in [-0.3, -0.25) is 9.69 Å². The number of rotatable bonds is 9.